The van der Waals surface area contributed by atoms with Crippen LogP contribution in [0.4, 0.5) is 0 Å². The number of nitrogens with zero attached hydrogens (tertiary/aromatic N) is 2. The molecule has 168 valence electrons. The molecule has 0 aliphatic heterocycles. The molecule has 0 aliphatic rings. The maximum atomic E-state index is 13.3. The number of methoxy groups -OCH3 is 1. The number of para-hydroxylation sites is 1. The molecule has 6 nitrogen and oxygen atoms in total. The normalized spacial score (nSPS) is 10.8. The number of ether oxygens (including phenoxy) is 1. The van der Waals surface area contributed by atoms with Crippen molar-refractivity contribution in [3.63, 3.8) is 0 Å². The molecule has 33 heavy (non-hydrogen) atoms. The minimum atomic E-state index is -0.170. The topological polar surface area (TPSA) is 73.2 Å². The summed E-state index contributed by atoms with van der Waals surface area (Å²) in [7, 11) is 1.60. The van der Waals surface area contributed by atoms with Crippen LogP contribution < -0.4 is 15.6 Å². The highest BCUT2D eigenvalue weighted by molar-refractivity contribution is 7.99. The summed E-state index contributed by atoms with van der Waals surface area (Å²) in [4.78, 5) is 30.4. The van der Waals surface area contributed by atoms with Gasteiger partial charge in [0.25, 0.3) is 5.56 Å². The number of carbonyl (C=O) groups excluding carboxylic acids is 1. The van der Waals surface area contributed by atoms with Crippen LogP contribution >= 0.6 is 11.8 Å². The van der Waals surface area contributed by atoms with Gasteiger partial charge >= 0.3 is 0 Å². The van der Waals surface area contributed by atoms with E-state index in [1.54, 1.807) is 29.9 Å². The molecule has 4 rings (SSSR count). The minimum absolute atomic E-state index is 0.0863. The molecule has 0 unspecified atom stereocenters. The molecule has 0 spiro atoms. The molecule has 1 amide bonds. The van der Waals surface area contributed by atoms with Crippen molar-refractivity contribution >= 4 is 28.6 Å². The molecule has 4 aromatic rings. The number of hydrogen-bond acceptors (Lipinski definition) is 5. The van der Waals surface area contributed by atoms with Crippen LogP contribution in [0, 0.1) is 0 Å². The lowest BCUT2D eigenvalue weighted by Crippen LogP contribution is -2.27. The Morgan fingerprint density at radius 2 is 1.73 bits per heavy atom. The lowest BCUT2D eigenvalue weighted by molar-refractivity contribution is -0.118. The van der Waals surface area contributed by atoms with E-state index in [1.807, 2.05) is 48.5 Å². The highest BCUT2D eigenvalue weighted by Gasteiger charge is 2.15. The lowest BCUT2D eigenvalue weighted by atomic mass is 10.1. The van der Waals surface area contributed by atoms with Crippen LogP contribution in [0.15, 0.2) is 88.8 Å². The van der Waals surface area contributed by atoms with Crippen molar-refractivity contribution in [1.29, 1.82) is 0 Å². The molecule has 3 aromatic carbocycles. The first-order chi connectivity index (χ1) is 16.2. The zero-order valence-corrected chi connectivity index (χ0v) is 19.2. The van der Waals surface area contributed by atoms with Gasteiger partial charge in [0, 0.05) is 6.54 Å². The van der Waals surface area contributed by atoms with Gasteiger partial charge in [-0.25, -0.2) is 4.98 Å². The van der Waals surface area contributed by atoms with Crippen LogP contribution in [-0.4, -0.2) is 34.9 Å². The third-order valence-corrected chi connectivity index (χ3v) is 6.15. The Hall–Kier alpha value is -3.58. The van der Waals surface area contributed by atoms with Crippen LogP contribution in [-0.2, 0) is 11.2 Å². The van der Waals surface area contributed by atoms with E-state index in [-0.39, 0.29) is 17.2 Å². The fourth-order valence-electron chi connectivity index (χ4n) is 3.51. The van der Waals surface area contributed by atoms with Crippen molar-refractivity contribution in [2.45, 2.75) is 18.0 Å². The molecule has 1 N–H and O–H groups in total. The Morgan fingerprint density at radius 3 is 2.48 bits per heavy atom. The first-order valence-electron chi connectivity index (χ1n) is 10.8. The van der Waals surface area contributed by atoms with Crippen molar-refractivity contribution in [2.24, 2.45) is 0 Å². The highest BCUT2D eigenvalue weighted by Crippen LogP contribution is 2.22. The number of hydrogen-bond donors (Lipinski definition) is 1. The van der Waals surface area contributed by atoms with E-state index in [1.165, 1.54) is 17.3 Å². The van der Waals surface area contributed by atoms with Crippen LogP contribution in [0.5, 0.6) is 5.75 Å². The van der Waals surface area contributed by atoms with E-state index >= 15 is 0 Å². The summed E-state index contributed by atoms with van der Waals surface area (Å²) in [5.41, 5.74) is 2.37. The maximum Gasteiger partial charge on any atom is 0.266 e. The van der Waals surface area contributed by atoms with E-state index in [9.17, 15) is 9.59 Å². The third kappa shape index (κ3) is 5.62. The van der Waals surface area contributed by atoms with Gasteiger partial charge < -0.3 is 10.1 Å². The number of rotatable bonds is 9. The summed E-state index contributed by atoms with van der Waals surface area (Å²) in [6.45, 7) is 0.602. The van der Waals surface area contributed by atoms with Crippen molar-refractivity contribution in [1.82, 2.24) is 14.9 Å². The average Bonchev–Trinajstić information content (AvgIpc) is 2.86. The van der Waals surface area contributed by atoms with Crippen molar-refractivity contribution in [2.75, 3.05) is 19.4 Å². The smallest absolute Gasteiger partial charge is 0.266 e. The molecule has 1 heterocycles. The zero-order valence-electron chi connectivity index (χ0n) is 18.4. The number of fused-ring (bicyclic) bond motifs is 1. The molecule has 7 heteroatoms. The van der Waals surface area contributed by atoms with Crippen molar-refractivity contribution < 1.29 is 9.53 Å². The SMILES string of the molecule is COc1ccc(-n2c(SCC(=O)NCCCc3ccccc3)nc3ccccc3c2=O)cc1. The predicted octanol–water partition coefficient (Wildman–Crippen LogP) is 4.24. The van der Waals surface area contributed by atoms with Crippen LogP contribution in [0.1, 0.15) is 12.0 Å². The molecule has 0 radical (unpaired) electrons. The molecule has 0 bridgehead atoms. The second kappa shape index (κ2) is 10.8. The summed E-state index contributed by atoms with van der Waals surface area (Å²) in [6, 6.07) is 24.6. The van der Waals surface area contributed by atoms with Crippen LogP contribution in [0.3, 0.4) is 0 Å². The summed E-state index contributed by atoms with van der Waals surface area (Å²) >= 11 is 1.25. The second-order valence-corrected chi connectivity index (χ2v) is 8.42. The third-order valence-electron chi connectivity index (χ3n) is 5.22. The monoisotopic (exact) mass is 459 g/mol. The minimum Gasteiger partial charge on any atom is -0.497 e. The van der Waals surface area contributed by atoms with Gasteiger partial charge in [0.05, 0.1) is 29.5 Å². The van der Waals surface area contributed by atoms with E-state index in [0.717, 1.165) is 12.8 Å². The van der Waals surface area contributed by atoms with Gasteiger partial charge in [-0.2, -0.15) is 0 Å². The van der Waals surface area contributed by atoms with Crippen molar-refractivity contribution in [3.05, 3.63) is 94.8 Å². The summed E-state index contributed by atoms with van der Waals surface area (Å²) < 4.78 is 6.78. The van der Waals surface area contributed by atoms with Gasteiger partial charge in [0.1, 0.15) is 5.75 Å². The molecule has 0 fully saturated rings. The van der Waals surface area contributed by atoms with E-state index in [2.05, 4.69) is 22.4 Å². The number of amides is 1. The Kier molecular flexibility index (Phi) is 7.42. The van der Waals surface area contributed by atoms with Gasteiger partial charge in [-0.05, 0) is 54.8 Å². The summed E-state index contributed by atoms with van der Waals surface area (Å²) in [5, 5.41) is 3.96. The Bertz CT molecular complexity index is 1290. The summed E-state index contributed by atoms with van der Waals surface area (Å²) in [5.74, 6) is 0.785. The van der Waals surface area contributed by atoms with Crippen LogP contribution in [0.2, 0.25) is 0 Å². The fourth-order valence-corrected chi connectivity index (χ4v) is 4.36. The first-order valence-corrected chi connectivity index (χ1v) is 11.7. The molecular formula is C26H25N3O3S. The van der Waals surface area contributed by atoms with Gasteiger partial charge in [0.2, 0.25) is 5.91 Å². The molecule has 1 aromatic heterocycles. The Labute approximate surface area is 196 Å². The van der Waals surface area contributed by atoms with E-state index in [4.69, 9.17) is 4.74 Å². The van der Waals surface area contributed by atoms with Gasteiger partial charge in [-0.15, -0.1) is 0 Å². The fraction of sp³-hybridized carbons (Fsp3) is 0.192. The summed E-state index contributed by atoms with van der Waals surface area (Å²) in [6.07, 6.45) is 1.78. The maximum absolute atomic E-state index is 13.3. The number of aromatic nitrogens is 2. The standard InChI is InChI=1S/C26H25N3O3S/c1-32-21-15-13-20(14-16-21)29-25(31)22-11-5-6-12-23(22)28-26(29)33-18-24(30)27-17-7-10-19-8-3-2-4-9-19/h2-6,8-9,11-16H,7,10,17-18H2,1H3,(H,27,30). The number of benzene rings is 3. The largest absolute Gasteiger partial charge is 0.497 e. The first kappa shape index (κ1) is 22.6. The average molecular weight is 460 g/mol. The quantitative estimate of drug-likeness (QED) is 0.230. The van der Waals surface area contributed by atoms with Gasteiger partial charge in [-0.1, -0.05) is 54.2 Å². The lowest BCUT2D eigenvalue weighted by Gasteiger charge is -2.13. The number of carbonyl (C=O) groups is 1. The predicted molar refractivity (Wildman–Crippen MR) is 132 cm³/mol. The van der Waals surface area contributed by atoms with Gasteiger partial charge in [-0.3, -0.25) is 14.2 Å². The molecule has 0 aliphatic carbocycles. The Balaban J connectivity index is 1.48. The number of nitrogens with one attached hydrogen (secondary N) is 1. The van der Waals surface area contributed by atoms with E-state index in [0.29, 0.717) is 34.0 Å². The molecule has 0 saturated heterocycles. The second-order valence-electron chi connectivity index (χ2n) is 7.48. The molecule has 0 saturated carbocycles. The highest BCUT2D eigenvalue weighted by atomic mass is 32.2. The van der Waals surface area contributed by atoms with Crippen LogP contribution in [0.25, 0.3) is 16.6 Å². The number of aryl methyl sites for hydroxylation is 1. The number of thioether (sulfide) groups is 1. The zero-order chi connectivity index (χ0) is 23.0. The Morgan fingerprint density at radius 1 is 1.00 bits per heavy atom. The molecular weight excluding hydrogens is 434 g/mol. The van der Waals surface area contributed by atoms with Gasteiger partial charge in [0.15, 0.2) is 5.16 Å². The molecule has 0 atom stereocenters. The van der Waals surface area contributed by atoms with Crippen molar-refractivity contribution in [3.8, 4) is 11.4 Å². The van der Waals surface area contributed by atoms with E-state index < -0.39 is 0 Å².